The SMILES string of the molecule is Cc1nccc(N2CCO[C@H](c3ncc(C)[nH]3)C2)n1. The number of nitrogens with one attached hydrogen (secondary N) is 1. The first-order chi connectivity index (χ1) is 9.22. The summed E-state index contributed by atoms with van der Waals surface area (Å²) < 4.78 is 5.78. The predicted octanol–water partition coefficient (Wildman–Crippen LogP) is 1.39. The number of anilines is 1. The van der Waals surface area contributed by atoms with Crippen molar-refractivity contribution in [2.24, 2.45) is 0 Å². The van der Waals surface area contributed by atoms with Crippen LogP contribution in [0.15, 0.2) is 18.5 Å². The van der Waals surface area contributed by atoms with Crippen molar-refractivity contribution in [2.45, 2.75) is 20.0 Å². The van der Waals surface area contributed by atoms with Gasteiger partial charge in [0, 0.05) is 24.6 Å². The third-order valence-corrected chi connectivity index (χ3v) is 3.18. The van der Waals surface area contributed by atoms with E-state index in [1.165, 1.54) is 0 Å². The summed E-state index contributed by atoms with van der Waals surface area (Å²) in [5.74, 6) is 2.62. The van der Waals surface area contributed by atoms with Crippen molar-refractivity contribution in [3.8, 4) is 0 Å². The number of ether oxygens (including phenoxy) is 1. The molecule has 3 rings (SSSR count). The Labute approximate surface area is 111 Å². The van der Waals surface area contributed by atoms with Crippen molar-refractivity contribution in [2.75, 3.05) is 24.6 Å². The molecule has 1 fully saturated rings. The number of hydrogen-bond acceptors (Lipinski definition) is 5. The van der Waals surface area contributed by atoms with Gasteiger partial charge < -0.3 is 14.6 Å². The normalized spacial score (nSPS) is 19.7. The molecule has 1 saturated heterocycles. The van der Waals surface area contributed by atoms with Crippen LogP contribution in [-0.4, -0.2) is 39.6 Å². The monoisotopic (exact) mass is 259 g/mol. The molecule has 1 aliphatic heterocycles. The maximum atomic E-state index is 5.78. The van der Waals surface area contributed by atoms with Crippen molar-refractivity contribution in [1.82, 2.24) is 19.9 Å². The van der Waals surface area contributed by atoms with Crippen LogP contribution in [0.2, 0.25) is 0 Å². The molecular weight excluding hydrogens is 242 g/mol. The van der Waals surface area contributed by atoms with E-state index in [4.69, 9.17) is 4.74 Å². The maximum Gasteiger partial charge on any atom is 0.137 e. The van der Waals surface area contributed by atoms with Crippen molar-refractivity contribution in [3.63, 3.8) is 0 Å². The second-order valence-corrected chi connectivity index (χ2v) is 4.72. The number of aromatic amines is 1. The number of rotatable bonds is 2. The number of imidazole rings is 1. The fraction of sp³-hybridized carbons (Fsp3) is 0.462. The van der Waals surface area contributed by atoms with Crippen LogP contribution in [0.25, 0.3) is 0 Å². The van der Waals surface area contributed by atoms with Crippen molar-refractivity contribution in [1.29, 1.82) is 0 Å². The lowest BCUT2D eigenvalue weighted by atomic mass is 10.2. The van der Waals surface area contributed by atoms with Crippen LogP contribution in [0.1, 0.15) is 23.4 Å². The lowest BCUT2D eigenvalue weighted by molar-refractivity contribution is 0.0342. The number of H-pyrrole nitrogens is 1. The summed E-state index contributed by atoms with van der Waals surface area (Å²) in [6.07, 6.45) is 3.59. The third-order valence-electron chi connectivity index (χ3n) is 3.18. The van der Waals surface area contributed by atoms with E-state index in [0.717, 1.165) is 36.3 Å². The second kappa shape index (κ2) is 4.97. The highest BCUT2D eigenvalue weighted by atomic mass is 16.5. The van der Waals surface area contributed by atoms with E-state index in [1.54, 1.807) is 6.20 Å². The molecular formula is C13H17N5O. The highest BCUT2D eigenvalue weighted by molar-refractivity contribution is 5.38. The zero-order chi connectivity index (χ0) is 13.2. The average Bonchev–Trinajstić information content (AvgIpc) is 2.86. The van der Waals surface area contributed by atoms with Gasteiger partial charge in [-0.25, -0.2) is 15.0 Å². The second-order valence-electron chi connectivity index (χ2n) is 4.72. The molecule has 0 spiro atoms. The molecule has 1 aliphatic rings. The smallest absolute Gasteiger partial charge is 0.137 e. The molecule has 0 aromatic carbocycles. The molecule has 1 atom stereocenters. The molecule has 100 valence electrons. The Morgan fingerprint density at radius 1 is 1.37 bits per heavy atom. The topological polar surface area (TPSA) is 66.9 Å². The molecule has 1 N–H and O–H groups in total. The Kier molecular flexibility index (Phi) is 3.16. The number of aryl methyl sites for hydroxylation is 2. The standard InChI is InChI=1S/C13H17N5O/c1-9-7-15-13(16-9)11-8-18(5-6-19-11)12-3-4-14-10(2)17-12/h3-4,7,11H,5-6,8H2,1-2H3,(H,15,16)/t11-/m0/s1. The Morgan fingerprint density at radius 3 is 3.00 bits per heavy atom. The minimum absolute atomic E-state index is 0.0299. The Balaban J connectivity index is 1.78. The molecule has 6 heteroatoms. The van der Waals surface area contributed by atoms with E-state index >= 15 is 0 Å². The van der Waals surface area contributed by atoms with Crippen LogP contribution >= 0.6 is 0 Å². The molecule has 6 nitrogen and oxygen atoms in total. The van der Waals surface area contributed by atoms with Gasteiger partial charge in [-0.05, 0) is 19.9 Å². The summed E-state index contributed by atoms with van der Waals surface area (Å²) in [5.41, 5.74) is 1.05. The van der Waals surface area contributed by atoms with Gasteiger partial charge in [0.1, 0.15) is 23.6 Å². The van der Waals surface area contributed by atoms with Crippen LogP contribution in [0.4, 0.5) is 5.82 Å². The first kappa shape index (κ1) is 12.1. The molecule has 0 amide bonds. The molecule has 3 heterocycles. The van der Waals surface area contributed by atoms with E-state index in [2.05, 4.69) is 24.8 Å². The van der Waals surface area contributed by atoms with Crippen LogP contribution in [-0.2, 0) is 4.74 Å². The van der Waals surface area contributed by atoms with E-state index in [-0.39, 0.29) is 6.10 Å². The average molecular weight is 259 g/mol. The fourth-order valence-electron chi connectivity index (χ4n) is 2.24. The first-order valence-corrected chi connectivity index (χ1v) is 6.40. The zero-order valence-electron chi connectivity index (χ0n) is 11.1. The number of nitrogens with zero attached hydrogens (tertiary/aromatic N) is 4. The summed E-state index contributed by atoms with van der Waals surface area (Å²) in [5, 5.41) is 0. The minimum Gasteiger partial charge on any atom is -0.367 e. The molecule has 2 aromatic rings. The molecule has 0 unspecified atom stereocenters. The largest absolute Gasteiger partial charge is 0.367 e. The number of morpholine rings is 1. The van der Waals surface area contributed by atoms with Gasteiger partial charge in [-0.2, -0.15) is 0 Å². The van der Waals surface area contributed by atoms with E-state index in [0.29, 0.717) is 6.61 Å². The predicted molar refractivity (Wildman–Crippen MR) is 71.0 cm³/mol. The van der Waals surface area contributed by atoms with Gasteiger partial charge in [0.2, 0.25) is 0 Å². The fourth-order valence-corrected chi connectivity index (χ4v) is 2.24. The molecule has 19 heavy (non-hydrogen) atoms. The Bertz CT molecular complexity index is 568. The highest BCUT2D eigenvalue weighted by Crippen LogP contribution is 2.23. The van der Waals surface area contributed by atoms with Crippen LogP contribution in [0, 0.1) is 13.8 Å². The quantitative estimate of drug-likeness (QED) is 0.883. The van der Waals surface area contributed by atoms with Gasteiger partial charge in [-0.15, -0.1) is 0 Å². The summed E-state index contributed by atoms with van der Waals surface area (Å²) in [6, 6.07) is 1.93. The van der Waals surface area contributed by atoms with Crippen molar-refractivity contribution < 1.29 is 4.74 Å². The summed E-state index contributed by atoms with van der Waals surface area (Å²) >= 11 is 0. The Morgan fingerprint density at radius 2 is 2.26 bits per heavy atom. The van der Waals surface area contributed by atoms with Gasteiger partial charge in [0.05, 0.1) is 13.2 Å². The van der Waals surface area contributed by atoms with Crippen LogP contribution in [0.5, 0.6) is 0 Å². The summed E-state index contributed by atoms with van der Waals surface area (Å²) in [6.45, 7) is 6.16. The van der Waals surface area contributed by atoms with E-state index < -0.39 is 0 Å². The number of hydrogen-bond donors (Lipinski definition) is 1. The van der Waals surface area contributed by atoms with Gasteiger partial charge in [-0.1, -0.05) is 0 Å². The lowest BCUT2D eigenvalue weighted by Gasteiger charge is -2.32. The first-order valence-electron chi connectivity index (χ1n) is 6.40. The molecule has 0 bridgehead atoms. The van der Waals surface area contributed by atoms with Crippen LogP contribution < -0.4 is 4.90 Å². The third kappa shape index (κ3) is 2.58. The van der Waals surface area contributed by atoms with E-state index in [1.807, 2.05) is 26.1 Å². The molecule has 0 aliphatic carbocycles. The van der Waals surface area contributed by atoms with Crippen molar-refractivity contribution in [3.05, 3.63) is 35.8 Å². The maximum absolute atomic E-state index is 5.78. The Hall–Kier alpha value is -1.95. The summed E-state index contributed by atoms with van der Waals surface area (Å²) in [4.78, 5) is 18.4. The van der Waals surface area contributed by atoms with Gasteiger partial charge in [0.25, 0.3) is 0 Å². The highest BCUT2D eigenvalue weighted by Gasteiger charge is 2.24. The molecule has 2 aromatic heterocycles. The lowest BCUT2D eigenvalue weighted by Crippen LogP contribution is -2.39. The van der Waals surface area contributed by atoms with Gasteiger partial charge in [-0.3, -0.25) is 0 Å². The zero-order valence-corrected chi connectivity index (χ0v) is 11.1. The van der Waals surface area contributed by atoms with E-state index in [9.17, 15) is 0 Å². The molecule has 0 radical (unpaired) electrons. The van der Waals surface area contributed by atoms with Crippen molar-refractivity contribution >= 4 is 5.82 Å². The number of aromatic nitrogens is 4. The van der Waals surface area contributed by atoms with Gasteiger partial charge >= 0.3 is 0 Å². The van der Waals surface area contributed by atoms with Gasteiger partial charge in [0.15, 0.2) is 0 Å². The molecule has 0 saturated carbocycles. The van der Waals surface area contributed by atoms with Crippen LogP contribution in [0.3, 0.4) is 0 Å². The minimum atomic E-state index is -0.0299. The summed E-state index contributed by atoms with van der Waals surface area (Å²) in [7, 11) is 0.